The average molecular weight is 914 g/mol. The number of nitrogens with zero attached hydrogens (tertiary/aromatic N) is 9. The number of anilines is 3. The zero-order chi connectivity index (χ0) is 46.0. The van der Waals surface area contributed by atoms with E-state index < -0.39 is 39.2 Å². The first-order chi connectivity index (χ1) is 31.0. The first-order valence-corrected chi connectivity index (χ1v) is 23.1. The average Bonchev–Trinajstić information content (AvgIpc) is 3.58. The van der Waals surface area contributed by atoms with E-state index in [2.05, 4.69) is 25.0 Å². The first-order valence-electron chi connectivity index (χ1n) is 21.6. The van der Waals surface area contributed by atoms with Gasteiger partial charge in [0.2, 0.25) is 5.91 Å². The molecule has 3 N–H and O–H groups in total. The van der Waals surface area contributed by atoms with Crippen molar-refractivity contribution in [3.63, 3.8) is 0 Å². The molecule has 5 aromatic rings. The van der Waals surface area contributed by atoms with Crippen LogP contribution in [0.25, 0.3) is 21.8 Å². The Labute approximate surface area is 373 Å². The number of urea groups is 1. The van der Waals surface area contributed by atoms with Gasteiger partial charge in [0.1, 0.15) is 23.2 Å². The van der Waals surface area contributed by atoms with E-state index in [0.717, 1.165) is 55.2 Å². The summed E-state index contributed by atoms with van der Waals surface area (Å²) in [6.07, 6.45) is 5.97. The lowest BCUT2D eigenvalue weighted by Gasteiger charge is -2.53. The van der Waals surface area contributed by atoms with Gasteiger partial charge in [0.15, 0.2) is 17.4 Å². The van der Waals surface area contributed by atoms with Crippen LogP contribution in [0.5, 0.6) is 11.5 Å². The monoisotopic (exact) mass is 913 g/mol. The molecule has 5 heterocycles. The standard InChI is InChI=1S/C44H49F2N11O7S/c1-4-52(2)65(62,63)51-35-8-6-32(45)39(31(35)24-47)64-28-5-7-34-29(19-28)41(59)57(26-48-34)27-22-43(23-27)10-15-54(16-11-43)25-44(61)12-17-55(18-13-44)37-21-36-30(20-33(37)46)40(50-53(36)3)56-14-9-38(58)49-42(56)60/h5-8,19-21,26-27,51,61H,4,9-18,22-23,25H2,1-3H3,(H,49,58,60). The van der Waals surface area contributed by atoms with Crippen LogP contribution >= 0.6 is 0 Å². The summed E-state index contributed by atoms with van der Waals surface area (Å²) in [5.41, 5.74) is -0.242. The van der Waals surface area contributed by atoms with Crippen molar-refractivity contribution in [1.82, 2.24) is 33.9 Å². The summed E-state index contributed by atoms with van der Waals surface area (Å²) in [7, 11) is -0.937. The molecule has 0 bridgehead atoms. The summed E-state index contributed by atoms with van der Waals surface area (Å²) in [6.45, 7) is 4.95. The fourth-order valence-corrected chi connectivity index (χ4v) is 10.7. The van der Waals surface area contributed by atoms with Crippen LogP contribution in [-0.4, -0.2) is 112 Å². The minimum atomic E-state index is -4.02. The van der Waals surface area contributed by atoms with Crippen LogP contribution < -0.4 is 30.1 Å². The number of nitrogens with one attached hydrogen (secondary N) is 2. The maximum Gasteiger partial charge on any atom is 0.329 e. The van der Waals surface area contributed by atoms with E-state index in [9.17, 15) is 33.2 Å². The number of rotatable bonds is 11. The zero-order valence-electron chi connectivity index (χ0n) is 36.2. The smallest absolute Gasteiger partial charge is 0.329 e. The van der Waals surface area contributed by atoms with Crippen LogP contribution in [0.15, 0.2) is 53.6 Å². The van der Waals surface area contributed by atoms with E-state index in [0.29, 0.717) is 54.6 Å². The number of aryl methyl sites for hydroxylation is 1. The third kappa shape index (κ3) is 8.24. The Morgan fingerprint density at radius 1 is 1.00 bits per heavy atom. The molecule has 0 radical (unpaired) electrons. The number of fused-ring (bicyclic) bond motifs is 2. The Balaban J connectivity index is 0.808. The highest BCUT2D eigenvalue weighted by Crippen LogP contribution is 2.54. The largest absolute Gasteiger partial charge is 0.453 e. The number of imide groups is 1. The Bertz CT molecular complexity index is 2950. The second kappa shape index (κ2) is 16.7. The molecule has 1 spiro atoms. The summed E-state index contributed by atoms with van der Waals surface area (Å²) in [4.78, 5) is 48.2. The molecule has 3 amide bonds. The molecule has 18 nitrogen and oxygen atoms in total. The molecule has 2 aromatic heterocycles. The summed E-state index contributed by atoms with van der Waals surface area (Å²) < 4.78 is 68.6. The zero-order valence-corrected chi connectivity index (χ0v) is 37.0. The van der Waals surface area contributed by atoms with E-state index in [1.807, 2.05) is 11.0 Å². The van der Waals surface area contributed by atoms with Gasteiger partial charge in [0, 0.05) is 64.7 Å². The van der Waals surface area contributed by atoms with Crippen molar-refractivity contribution in [2.75, 3.05) is 67.4 Å². The van der Waals surface area contributed by atoms with Gasteiger partial charge in [-0.3, -0.25) is 33.8 Å². The number of nitriles is 1. The summed E-state index contributed by atoms with van der Waals surface area (Å²) in [5, 5.41) is 29.1. The van der Waals surface area contributed by atoms with Crippen LogP contribution in [0.4, 0.5) is 30.8 Å². The fourth-order valence-electron chi connectivity index (χ4n) is 9.72. The van der Waals surface area contributed by atoms with Crippen molar-refractivity contribution in [2.24, 2.45) is 12.5 Å². The molecule has 3 saturated heterocycles. The number of hydrogen-bond donors (Lipinski definition) is 3. The van der Waals surface area contributed by atoms with E-state index in [1.54, 1.807) is 41.7 Å². The SMILES string of the molecule is CCN(C)S(=O)(=O)Nc1ccc(F)c(Oc2ccc3ncn(C4CC5(CCN(CC6(O)CCN(c7cc8c(cc7F)c(N7CCC(=O)NC7=O)nn8C)CC6)CC5)C4)c(=O)c3c2)c1C#N. The molecule has 342 valence electrons. The lowest BCUT2D eigenvalue weighted by Crippen LogP contribution is -2.55. The maximum absolute atomic E-state index is 15.7. The van der Waals surface area contributed by atoms with Crippen molar-refractivity contribution < 1.29 is 36.6 Å². The second-order valence-electron chi connectivity index (χ2n) is 17.7. The minimum Gasteiger partial charge on any atom is -0.453 e. The molecule has 65 heavy (non-hydrogen) atoms. The quantitative estimate of drug-likeness (QED) is 0.164. The Hall–Kier alpha value is -6.21. The number of halogens is 2. The summed E-state index contributed by atoms with van der Waals surface area (Å²) in [5.74, 6) is -1.84. The number of β-amino-alcohol motifs (C(OH)–C–C–N with tert-alkyl or cyclic N) is 1. The van der Waals surface area contributed by atoms with Gasteiger partial charge in [-0.05, 0) is 99.5 Å². The molecule has 1 saturated carbocycles. The maximum atomic E-state index is 15.7. The highest BCUT2D eigenvalue weighted by molar-refractivity contribution is 7.90. The van der Waals surface area contributed by atoms with E-state index >= 15 is 8.78 Å². The second-order valence-corrected chi connectivity index (χ2v) is 19.5. The Morgan fingerprint density at radius 2 is 1.74 bits per heavy atom. The predicted molar refractivity (Wildman–Crippen MR) is 237 cm³/mol. The molecule has 3 aliphatic heterocycles. The number of carbonyl (C=O) groups is 2. The first kappa shape index (κ1) is 44.0. The molecule has 0 unspecified atom stereocenters. The van der Waals surface area contributed by atoms with Gasteiger partial charge >= 0.3 is 16.2 Å². The molecule has 9 rings (SSSR count). The summed E-state index contributed by atoms with van der Waals surface area (Å²) >= 11 is 0. The van der Waals surface area contributed by atoms with Crippen LogP contribution in [0, 0.1) is 28.4 Å². The van der Waals surface area contributed by atoms with Crippen LogP contribution in [0.2, 0.25) is 0 Å². The van der Waals surface area contributed by atoms with Crippen molar-refractivity contribution >= 4 is 61.1 Å². The van der Waals surface area contributed by atoms with Gasteiger partial charge in [-0.2, -0.15) is 23.1 Å². The van der Waals surface area contributed by atoms with Crippen molar-refractivity contribution in [3.05, 3.63) is 76.3 Å². The molecular formula is C44H49F2N11O7S. The van der Waals surface area contributed by atoms with Crippen LogP contribution in [0.1, 0.15) is 63.5 Å². The number of likely N-dealkylation sites (tertiary alicyclic amines) is 1. The fraction of sp³-hybridized carbons (Fsp3) is 0.455. The Kier molecular flexibility index (Phi) is 11.3. The number of piperidine rings is 2. The van der Waals surface area contributed by atoms with Crippen LogP contribution in [0.3, 0.4) is 0 Å². The lowest BCUT2D eigenvalue weighted by molar-refractivity contribution is -0.120. The van der Waals surface area contributed by atoms with Gasteiger partial charge < -0.3 is 19.6 Å². The van der Waals surface area contributed by atoms with E-state index in [-0.39, 0.29) is 70.6 Å². The van der Waals surface area contributed by atoms with Gasteiger partial charge in [-0.1, -0.05) is 6.92 Å². The number of carbonyl (C=O) groups excluding carboxylic acids is 2. The number of ether oxygens (including phenoxy) is 1. The topological polar surface area (TPSA) is 211 Å². The number of aliphatic hydroxyl groups is 1. The van der Waals surface area contributed by atoms with Gasteiger partial charge in [0.25, 0.3) is 5.56 Å². The third-order valence-corrected chi connectivity index (χ3v) is 15.3. The number of benzene rings is 3. The van der Waals surface area contributed by atoms with Crippen molar-refractivity contribution in [2.45, 2.75) is 63.5 Å². The summed E-state index contributed by atoms with van der Waals surface area (Å²) in [6, 6.07) is 10.9. The van der Waals surface area contributed by atoms with E-state index in [1.165, 1.54) is 30.1 Å². The van der Waals surface area contributed by atoms with Crippen LogP contribution in [-0.2, 0) is 22.1 Å². The molecule has 1 aliphatic carbocycles. The predicted octanol–water partition coefficient (Wildman–Crippen LogP) is 4.73. The molecule has 3 aromatic carbocycles. The molecule has 4 fully saturated rings. The molecular weight excluding hydrogens is 865 g/mol. The van der Waals surface area contributed by atoms with E-state index in [4.69, 9.17) is 4.74 Å². The molecule has 4 aliphatic rings. The minimum absolute atomic E-state index is 0.0489. The molecule has 21 heteroatoms. The van der Waals surface area contributed by atoms with Crippen molar-refractivity contribution in [1.29, 1.82) is 5.26 Å². The third-order valence-electron chi connectivity index (χ3n) is 13.7. The normalized spacial score (nSPS) is 19.2. The number of hydrogen-bond acceptors (Lipinski definition) is 12. The Morgan fingerprint density at radius 3 is 2.43 bits per heavy atom. The van der Waals surface area contributed by atoms with Gasteiger partial charge in [-0.15, -0.1) is 0 Å². The van der Waals surface area contributed by atoms with Gasteiger partial charge in [-0.25, -0.2) is 18.6 Å². The lowest BCUT2D eigenvalue weighted by atomic mass is 9.60. The van der Waals surface area contributed by atoms with Gasteiger partial charge in [0.05, 0.1) is 39.7 Å². The van der Waals surface area contributed by atoms with Crippen molar-refractivity contribution in [3.8, 4) is 17.6 Å². The number of aromatic nitrogens is 4. The molecule has 0 atom stereocenters. The highest BCUT2D eigenvalue weighted by Gasteiger charge is 2.48. The highest BCUT2D eigenvalue weighted by atomic mass is 32.2. The number of amides is 3.